The maximum absolute atomic E-state index is 11.1. The predicted octanol–water partition coefficient (Wildman–Crippen LogP) is 0.983. The second kappa shape index (κ2) is 6.27. The maximum atomic E-state index is 11.1. The lowest BCUT2D eigenvalue weighted by molar-refractivity contribution is -0.122. The topological polar surface area (TPSA) is 55.1 Å². The molecule has 3 nitrogen and oxygen atoms in total. The third kappa shape index (κ3) is 4.52. The van der Waals surface area contributed by atoms with E-state index in [1.165, 1.54) is 12.8 Å². The molecule has 0 rings (SSSR count). The first-order valence-electron chi connectivity index (χ1n) is 4.63. The van der Waals surface area contributed by atoms with Gasteiger partial charge in [0, 0.05) is 5.75 Å². The Hall–Kier alpha value is -0.220. The number of rotatable bonds is 7. The Morgan fingerprint density at radius 1 is 1.62 bits per heavy atom. The summed E-state index contributed by atoms with van der Waals surface area (Å²) in [6, 6.07) is 0. The van der Waals surface area contributed by atoms with Gasteiger partial charge in [-0.2, -0.15) is 11.8 Å². The minimum Gasteiger partial charge on any atom is -0.368 e. The molecule has 1 unspecified atom stereocenters. The lowest BCUT2D eigenvalue weighted by atomic mass is 10.1. The molecule has 0 aliphatic rings. The van der Waals surface area contributed by atoms with Gasteiger partial charge in [0.2, 0.25) is 5.91 Å². The van der Waals surface area contributed by atoms with Crippen LogP contribution in [-0.4, -0.2) is 30.0 Å². The summed E-state index contributed by atoms with van der Waals surface area (Å²) in [4.78, 5) is 11.1. The first kappa shape index (κ1) is 12.8. The van der Waals surface area contributed by atoms with E-state index in [4.69, 9.17) is 5.73 Å². The first-order chi connectivity index (χ1) is 6.06. The number of unbranched alkanes of at least 4 members (excludes halogenated alkanes) is 1. The van der Waals surface area contributed by atoms with Crippen LogP contribution in [0.25, 0.3) is 0 Å². The Labute approximate surface area is 84.8 Å². The lowest BCUT2D eigenvalue weighted by Gasteiger charge is -2.24. The van der Waals surface area contributed by atoms with E-state index in [-0.39, 0.29) is 5.91 Å². The Balaban J connectivity index is 3.78. The van der Waals surface area contributed by atoms with Crippen molar-refractivity contribution >= 4 is 17.7 Å². The maximum Gasteiger partial charge on any atom is 0.238 e. The Morgan fingerprint density at radius 2 is 2.23 bits per heavy atom. The van der Waals surface area contributed by atoms with Crippen molar-refractivity contribution in [3.05, 3.63) is 0 Å². The highest BCUT2D eigenvalue weighted by atomic mass is 32.2. The summed E-state index contributed by atoms with van der Waals surface area (Å²) >= 11 is 1.77. The molecule has 0 heterocycles. The number of nitrogens with two attached hydrogens (primary N) is 1. The Kier molecular flexibility index (Phi) is 6.16. The third-order valence-electron chi connectivity index (χ3n) is 2.13. The van der Waals surface area contributed by atoms with E-state index in [0.29, 0.717) is 0 Å². The fraction of sp³-hybridized carbons (Fsp3) is 0.889. The van der Waals surface area contributed by atoms with E-state index in [9.17, 15) is 4.79 Å². The fourth-order valence-electron chi connectivity index (χ4n) is 0.789. The van der Waals surface area contributed by atoms with Gasteiger partial charge in [-0.15, -0.1) is 0 Å². The Morgan fingerprint density at radius 3 is 2.62 bits per heavy atom. The molecular formula is C9H20N2OS. The van der Waals surface area contributed by atoms with Crippen LogP contribution in [0.5, 0.6) is 0 Å². The highest BCUT2D eigenvalue weighted by Crippen LogP contribution is 2.13. The molecule has 0 aromatic heterocycles. The normalized spacial score (nSPS) is 15.3. The number of primary amides is 1. The minimum atomic E-state index is -0.557. The number of hydrogen-bond acceptors (Lipinski definition) is 3. The summed E-state index contributed by atoms with van der Waals surface area (Å²) in [5.41, 5.74) is 4.72. The van der Waals surface area contributed by atoms with E-state index in [1.54, 1.807) is 18.8 Å². The third-order valence-corrected chi connectivity index (χ3v) is 3.49. The van der Waals surface area contributed by atoms with Crippen molar-refractivity contribution in [3.63, 3.8) is 0 Å². The van der Waals surface area contributed by atoms with Crippen LogP contribution in [0.15, 0.2) is 0 Å². The molecule has 0 aliphatic carbocycles. The molecule has 0 aromatic carbocycles. The summed E-state index contributed by atoms with van der Waals surface area (Å²) in [7, 11) is 1.77. The van der Waals surface area contributed by atoms with Crippen molar-refractivity contribution in [1.29, 1.82) is 0 Å². The molecule has 0 saturated heterocycles. The van der Waals surface area contributed by atoms with Crippen LogP contribution in [-0.2, 0) is 4.79 Å². The van der Waals surface area contributed by atoms with Crippen molar-refractivity contribution in [3.8, 4) is 0 Å². The monoisotopic (exact) mass is 204 g/mol. The molecule has 3 N–H and O–H groups in total. The molecular weight excluding hydrogens is 184 g/mol. The smallest absolute Gasteiger partial charge is 0.238 e. The zero-order chi connectivity index (χ0) is 10.3. The SMILES string of the molecule is CCCCSCC(C)(NC)C(N)=O. The van der Waals surface area contributed by atoms with Gasteiger partial charge in [-0.25, -0.2) is 0 Å². The highest BCUT2D eigenvalue weighted by Gasteiger charge is 2.28. The zero-order valence-corrected chi connectivity index (χ0v) is 9.54. The number of nitrogens with one attached hydrogen (secondary N) is 1. The molecule has 13 heavy (non-hydrogen) atoms. The summed E-state index contributed by atoms with van der Waals surface area (Å²) < 4.78 is 0. The molecule has 0 fully saturated rings. The molecule has 0 aromatic rings. The highest BCUT2D eigenvalue weighted by molar-refractivity contribution is 7.99. The van der Waals surface area contributed by atoms with Gasteiger partial charge in [-0.05, 0) is 26.1 Å². The van der Waals surface area contributed by atoms with Gasteiger partial charge < -0.3 is 11.1 Å². The van der Waals surface area contributed by atoms with Gasteiger partial charge in [0.15, 0.2) is 0 Å². The minimum absolute atomic E-state index is 0.279. The number of amides is 1. The zero-order valence-electron chi connectivity index (χ0n) is 8.72. The van der Waals surface area contributed by atoms with Crippen LogP contribution in [0, 0.1) is 0 Å². The molecule has 4 heteroatoms. The molecule has 1 amide bonds. The average molecular weight is 204 g/mol. The largest absolute Gasteiger partial charge is 0.368 e. The standard InChI is InChI=1S/C9H20N2OS/c1-4-5-6-13-7-9(2,11-3)8(10)12/h11H,4-7H2,1-3H3,(H2,10,12). The molecule has 1 atom stereocenters. The number of likely N-dealkylation sites (N-methyl/N-ethyl adjacent to an activating group) is 1. The average Bonchev–Trinajstić information content (AvgIpc) is 2.12. The van der Waals surface area contributed by atoms with Gasteiger partial charge in [0.1, 0.15) is 5.54 Å². The number of carbonyl (C=O) groups is 1. The van der Waals surface area contributed by atoms with E-state index in [2.05, 4.69) is 12.2 Å². The van der Waals surface area contributed by atoms with Crippen LogP contribution in [0.2, 0.25) is 0 Å². The number of thioether (sulfide) groups is 1. The summed E-state index contributed by atoms with van der Waals surface area (Å²) in [6.45, 7) is 4.00. The fourth-order valence-corrected chi connectivity index (χ4v) is 2.12. The summed E-state index contributed by atoms with van der Waals surface area (Å²) in [5.74, 6) is 1.57. The molecule has 0 saturated carbocycles. The second-order valence-electron chi connectivity index (χ2n) is 3.35. The van der Waals surface area contributed by atoms with E-state index in [0.717, 1.165) is 11.5 Å². The van der Waals surface area contributed by atoms with Gasteiger partial charge in [-0.3, -0.25) is 4.79 Å². The molecule has 0 aliphatic heterocycles. The summed E-state index contributed by atoms with van der Waals surface area (Å²) in [6.07, 6.45) is 2.39. The predicted molar refractivity (Wildman–Crippen MR) is 58.9 cm³/mol. The van der Waals surface area contributed by atoms with E-state index >= 15 is 0 Å². The van der Waals surface area contributed by atoms with Crippen molar-refractivity contribution in [2.45, 2.75) is 32.2 Å². The van der Waals surface area contributed by atoms with Gasteiger partial charge >= 0.3 is 0 Å². The summed E-state index contributed by atoms with van der Waals surface area (Å²) in [5, 5.41) is 2.96. The Bertz CT molecular complexity index is 164. The molecule has 0 radical (unpaired) electrons. The van der Waals surface area contributed by atoms with E-state index < -0.39 is 5.54 Å². The molecule has 0 spiro atoms. The first-order valence-corrected chi connectivity index (χ1v) is 5.79. The van der Waals surface area contributed by atoms with Crippen molar-refractivity contribution in [1.82, 2.24) is 5.32 Å². The molecule has 78 valence electrons. The van der Waals surface area contributed by atoms with Crippen molar-refractivity contribution in [2.75, 3.05) is 18.6 Å². The van der Waals surface area contributed by atoms with Crippen LogP contribution in [0.4, 0.5) is 0 Å². The quantitative estimate of drug-likeness (QED) is 0.608. The van der Waals surface area contributed by atoms with Crippen LogP contribution >= 0.6 is 11.8 Å². The van der Waals surface area contributed by atoms with Gasteiger partial charge in [-0.1, -0.05) is 13.3 Å². The van der Waals surface area contributed by atoms with Crippen LogP contribution < -0.4 is 11.1 Å². The van der Waals surface area contributed by atoms with Crippen molar-refractivity contribution < 1.29 is 4.79 Å². The van der Waals surface area contributed by atoms with Crippen LogP contribution in [0.1, 0.15) is 26.7 Å². The second-order valence-corrected chi connectivity index (χ2v) is 4.46. The van der Waals surface area contributed by atoms with Crippen LogP contribution in [0.3, 0.4) is 0 Å². The van der Waals surface area contributed by atoms with E-state index in [1.807, 2.05) is 6.92 Å². The van der Waals surface area contributed by atoms with Crippen molar-refractivity contribution in [2.24, 2.45) is 5.73 Å². The van der Waals surface area contributed by atoms with Gasteiger partial charge in [0.25, 0.3) is 0 Å². The molecule has 0 bridgehead atoms. The van der Waals surface area contributed by atoms with Gasteiger partial charge in [0.05, 0.1) is 0 Å². The number of hydrogen-bond donors (Lipinski definition) is 2. The number of carbonyl (C=O) groups excluding carboxylic acids is 1. The lowest BCUT2D eigenvalue weighted by Crippen LogP contribution is -2.53.